The maximum atomic E-state index is 12.9. The number of alkyl halides is 1. The number of nitrogens with zero attached hydrogens (tertiary/aromatic N) is 1. The van der Waals surface area contributed by atoms with Crippen LogP contribution in [-0.4, -0.2) is 16.5 Å². The lowest BCUT2D eigenvalue weighted by Gasteiger charge is -2.11. The first-order valence-corrected chi connectivity index (χ1v) is 6.02. The van der Waals surface area contributed by atoms with E-state index in [1.54, 1.807) is 0 Å². The minimum absolute atomic E-state index is 0.101. The van der Waals surface area contributed by atoms with E-state index in [1.807, 2.05) is 6.92 Å². The van der Waals surface area contributed by atoms with E-state index in [1.165, 1.54) is 0 Å². The molecule has 0 aliphatic carbocycles. The third-order valence-corrected chi connectivity index (χ3v) is 2.65. The van der Waals surface area contributed by atoms with Gasteiger partial charge in [-0.15, -0.1) is 0 Å². The van der Waals surface area contributed by atoms with Gasteiger partial charge in [0.25, 0.3) is 0 Å². The number of rotatable bonds is 5. The molecule has 6 heteroatoms. The number of aromatic nitrogens is 1. The number of carbonyl (C=O) groups excluding carboxylic acids is 1. The summed E-state index contributed by atoms with van der Waals surface area (Å²) in [5.41, 5.74) is -0.851. The van der Waals surface area contributed by atoms with Gasteiger partial charge < -0.3 is 4.74 Å². The zero-order chi connectivity index (χ0) is 12.8. The molecular formula is C11H12Cl2FNO2. The Morgan fingerprint density at radius 1 is 1.65 bits per heavy atom. The number of pyridine rings is 1. The van der Waals surface area contributed by atoms with Crippen LogP contribution in [0.1, 0.15) is 36.5 Å². The Hall–Kier alpha value is -0.870. The third-order valence-electron chi connectivity index (χ3n) is 2.05. The Bertz CT molecular complexity index is 401. The predicted octanol–water partition coefficient (Wildman–Crippen LogP) is 3.79. The molecule has 0 amide bonds. The quantitative estimate of drug-likeness (QED) is 0.468. The normalized spacial score (nSPS) is 12.2. The Morgan fingerprint density at radius 3 is 3.00 bits per heavy atom. The Morgan fingerprint density at radius 2 is 2.35 bits per heavy atom. The molecule has 0 aromatic carbocycles. The standard InChI is InChI=1S/C11H12Cl2FNO2/c1-2-3-4-9(12)17-11(16)8-5-7(14)6-15-10(8)13/h5-6,9H,2-4H2,1H3. The molecule has 1 unspecified atom stereocenters. The SMILES string of the molecule is CCCCC(Cl)OC(=O)c1cc(F)cnc1Cl. The molecule has 1 rings (SSSR count). The zero-order valence-corrected chi connectivity index (χ0v) is 10.8. The van der Waals surface area contributed by atoms with E-state index < -0.39 is 17.3 Å². The first-order valence-electron chi connectivity index (χ1n) is 5.20. The maximum absolute atomic E-state index is 12.9. The summed E-state index contributed by atoms with van der Waals surface area (Å²) in [6.07, 6.45) is 3.26. The second-order valence-electron chi connectivity index (χ2n) is 3.45. The number of ether oxygens (including phenoxy) is 1. The fourth-order valence-electron chi connectivity index (χ4n) is 1.17. The van der Waals surface area contributed by atoms with Crippen LogP contribution in [0.4, 0.5) is 4.39 Å². The van der Waals surface area contributed by atoms with Crippen molar-refractivity contribution in [2.24, 2.45) is 0 Å². The van der Waals surface area contributed by atoms with E-state index in [4.69, 9.17) is 27.9 Å². The van der Waals surface area contributed by atoms with Crippen LogP contribution in [0.3, 0.4) is 0 Å². The van der Waals surface area contributed by atoms with Gasteiger partial charge in [-0.25, -0.2) is 14.2 Å². The number of halogens is 3. The van der Waals surface area contributed by atoms with Crippen molar-refractivity contribution in [2.45, 2.75) is 31.7 Å². The number of esters is 1. The lowest BCUT2D eigenvalue weighted by atomic mass is 10.2. The molecule has 1 heterocycles. The van der Waals surface area contributed by atoms with Gasteiger partial charge in [-0.1, -0.05) is 36.5 Å². The van der Waals surface area contributed by atoms with Crippen LogP contribution in [0.25, 0.3) is 0 Å². The predicted molar refractivity (Wildman–Crippen MR) is 63.8 cm³/mol. The zero-order valence-electron chi connectivity index (χ0n) is 9.25. The van der Waals surface area contributed by atoms with Crippen molar-refractivity contribution in [1.29, 1.82) is 0 Å². The minimum Gasteiger partial charge on any atom is -0.442 e. The van der Waals surface area contributed by atoms with Crippen LogP contribution >= 0.6 is 23.2 Å². The van der Waals surface area contributed by atoms with E-state index in [0.717, 1.165) is 25.1 Å². The first-order chi connectivity index (χ1) is 8.04. The van der Waals surface area contributed by atoms with Crippen molar-refractivity contribution in [2.75, 3.05) is 0 Å². The number of unbranched alkanes of at least 4 members (excludes halogenated alkanes) is 1. The van der Waals surface area contributed by atoms with Crippen molar-refractivity contribution >= 4 is 29.2 Å². The highest BCUT2D eigenvalue weighted by molar-refractivity contribution is 6.32. The molecule has 3 nitrogen and oxygen atoms in total. The highest BCUT2D eigenvalue weighted by Crippen LogP contribution is 2.18. The molecule has 1 atom stereocenters. The summed E-state index contributed by atoms with van der Waals surface area (Å²) in [7, 11) is 0. The lowest BCUT2D eigenvalue weighted by molar-refractivity contribution is 0.0433. The van der Waals surface area contributed by atoms with Crippen LogP contribution in [-0.2, 0) is 4.74 Å². The smallest absolute Gasteiger partial charge is 0.342 e. The fourth-order valence-corrected chi connectivity index (χ4v) is 1.58. The van der Waals surface area contributed by atoms with Gasteiger partial charge in [0.15, 0.2) is 5.56 Å². The van der Waals surface area contributed by atoms with Gasteiger partial charge >= 0.3 is 5.97 Å². The second kappa shape index (κ2) is 6.77. The van der Waals surface area contributed by atoms with Crippen LogP contribution in [0.5, 0.6) is 0 Å². The largest absolute Gasteiger partial charge is 0.442 e. The molecule has 0 aliphatic heterocycles. The van der Waals surface area contributed by atoms with Crippen LogP contribution in [0.15, 0.2) is 12.3 Å². The van der Waals surface area contributed by atoms with E-state index in [-0.39, 0.29) is 10.7 Å². The van der Waals surface area contributed by atoms with E-state index in [2.05, 4.69) is 4.98 Å². The van der Waals surface area contributed by atoms with Gasteiger partial charge in [0.05, 0.1) is 11.8 Å². The molecule has 1 aromatic heterocycles. The third kappa shape index (κ3) is 4.48. The van der Waals surface area contributed by atoms with Gasteiger partial charge in [-0.2, -0.15) is 0 Å². The van der Waals surface area contributed by atoms with Crippen molar-refractivity contribution in [3.8, 4) is 0 Å². The molecule has 0 saturated carbocycles. The summed E-state index contributed by atoms with van der Waals surface area (Å²) in [4.78, 5) is 15.1. The van der Waals surface area contributed by atoms with Gasteiger partial charge in [0, 0.05) is 0 Å². The van der Waals surface area contributed by atoms with E-state index in [0.29, 0.717) is 6.42 Å². The van der Waals surface area contributed by atoms with Crippen LogP contribution in [0, 0.1) is 5.82 Å². The second-order valence-corrected chi connectivity index (χ2v) is 4.29. The molecule has 0 fully saturated rings. The average molecular weight is 280 g/mol. The molecule has 94 valence electrons. The summed E-state index contributed by atoms with van der Waals surface area (Å²) < 4.78 is 17.8. The molecular weight excluding hydrogens is 268 g/mol. The van der Waals surface area contributed by atoms with Gasteiger partial charge in [-0.3, -0.25) is 0 Å². The highest BCUT2D eigenvalue weighted by atomic mass is 35.5. The summed E-state index contributed by atoms with van der Waals surface area (Å²) >= 11 is 11.5. The van der Waals surface area contributed by atoms with E-state index >= 15 is 0 Å². The summed E-state index contributed by atoms with van der Waals surface area (Å²) in [6, 6.07) is 0.973. The van der Waals surface area contributed by atoms with Crippen LogP contribution in [0.2, 0.25) is 5.15 Å². The number of carbonyl (C=O) groups is 1. The number of hydrogen-bond donors (Lipinski definition) is 0. The van der Waals surface area contributed by atoms with Gasteiger partial charge in [-0.05, 0) is 18.9 Å². The fraction of sp³-hybridized carbons (Fsp3) is 0.455. The Labute approximate surface area is 109 Å². The van der Waals surface area contributed by atoms with Gasteiger partial charge in [0.1, 0.15) is 11.0 Å². The summed E-state index contributed by atoms with van der Waals surface area (Å²) in [5.74, 6) is -1.42. The van der Waals surface area contributed by atoms with Crippen LogP contribution < -0.4 is 0 Å². The number of hydrogen-bond acceptors (Lipinski definition) is 3. The summed E-state index contributed by atoms with van der Waals surface area (Å²) in [5, 5.41) is -0.101. The van der Waals surface area contributed by atoms with Gasteiger partial charge in [0.2, 0.25) is 0 Å². The molecule has 1 aromatic rings. The van der Waals surface area contributed by atoms with Crippen molar-refractivity contribution in [3.05, 3.63) is 28.8 Å². The summed E-state index contributed by atoms with van der Waals surface area (Å²) in [6.45, 7) is 2.00. The lowest BCUT2D eigenvalue weighted by Crippen LogP contribution is -2.14. The first kappa shape index (κ1) is 14.2. The Balaban J connectivity index is 2.66. The molecule has 17 heavy (non-hydrogen) atoms. The monoisotopic (exact) mass is 279 g/mol. The minimum atomic E-state index is -0.766. The van der Waals surface area contributed by atoms with Crippen molar-refractivity contribution in [3.63, 3.8) is 0 Å². The van der Waals surface area contributed by atoms with Crippen molar-refractivity contribution in [1.82, 2.24) is 4.98 Å². The molecule has 0 spiro atoms. The molecule has 0 saturated heterocycles. The molecule has 0 bridgehead atoms. The van der Waals surface area contributed by atoms with E-state index in [9.17, 15) is 9.18 Å². The topological polar surface area (TPSA) is 39.2 Å². The van der Waals surface area contributed by atoms with Crippen molar-refractivity contribution < 1.29 is 13.9 Å². The molecule has 0 N–H and O–H groups in total. The Kier molecular flexibility index (Phi) is 5.65. The average Bonchev–Trinajstić information content (AvgIpc) is 2.29. The maximum Gasteiger partial charge on any atom is 0.342 e. The molecule has 0 aliphatic rings. The molecule has 0 radical (unpaired) electrons. The highest BCUT2D eigenvalue weighted by Gasteiger charge is 2.17.